The lowest BCUT2D eigenvalue weighted by molar-refractivity contribution is -0.117. The van der Waals surface area contributed by atoms with Gasteiger partial charge in [-0.2, -0.15) is 5.10 Å². The van der Waals surface area contributed by atoms with Crippen LogP contribution in [0.15, 0.2) is 36.5 Å². The largest absolute Gasteiger partial charge is 0.495 e. The number of halogens is 2. The van der Waals surface area contributed by atoms with E-state index in [-0.39, 0.29) is 6.04 Å². The zero-order valence-electron chi connectivity index (χ0n) is 19.1. The van der Waals surface area contributed by atoms with Crippen molar-refractivity contribution in [2.45, 2.75) is 33.0 Å². The molecule has 2 aromatic heterocycles. The van der Waals surface area contributed by atoms with E-state index in [1.807, 2.05) is 44.2 Å². The first-order valence-electron chi connectivity index (χ1n) is 10.8. The third-order valence-electron chi connectivity index (χ3n) is 6.13. The van der Waals surface area contributed by atoms with Crippen molar-refractivity contribution in [2.24, 2.45) is 0 Å². The van der Waals surface area contributed by atoms with Crippen LogP contribution in [-0.4, -0.2) is 58.7 Å². The molecule has 7 nitrogen and oxygen atoms in total. The Kier molecular flexibility index (Phi) is 6.93. The fourth-order valence-electron chi connectivity index (χ4n) is 4.31. The van der Waals surface area contributed by atoms with Gasteiger partial charge in [-0.3, -0.25) is 14.7 Å². The fourth-order valence-corrected chi connectivity index (χ4v) is 4.72. The van der Waals surface area contributed by atoms with Crippen LogP contribution >= 0.6 is 23.2 Å². The summed E-state index contributed by atoms with van der Waals surface area (Å²) in [5.41, 5.74) is 4.13. The Morgan fingerprint density at radius 3 is 2.64 bits per heavy atom. The molecule has 2 atom stereocenters. The summed E-state index contributed by atoms with van der Waals surface area (Å²) in [4.78, 5) is 21.1. The van der Waals surface area contributed by atoms with Crippen LogP contribution in [0.4, 0.5) is 5.69 Å². The predicted molar refractivity (Wildman–Crippen MR) is 131 cm³/mol. The predicted octanol–water partition coefficient (Wildman–Crippen LogP) is 4.79. The number of carbonyl (C=O) groups is 1. The van der Waals surface area contributed by atoms with Crippen LogP contribution < -0.4 is 9.64 Å². The average Bonchev–Trinajstić information content (AvgIpc) is 3.10. The molecule has 0 radical (unpaired) electrons. The number of carbonyl (C=O) groups excluding carboxylic acids is 1. The Hall–Kier alpha value is -2.61. The molecule has 0 bridgehead atoms. The molecule has 0 amide bonds. The molecule has 0 N–H and O–H groups in total. The Morgan fingerprint density at radius 2 is 1.97 bits per heavy atom. The van der Waals surface area contributed by atoms with Crippen LogP contribution in [0.1, 0.15) is 24.3 Å². The minimum Gasteiger partial charge on any atom is -0.495 e. The van der Waals surface area contributed by atoms with Gasteiger partial charge in [0.2, 0.25) is 0 Å². The summed E-state index contributed by atoms with van der Waals surface area (Å²) < 4.78 is 7.08. The van der Waals surface area contributed by atoms with Gasteiger partial charge in [0.05, 0.1) is 28.5 Å². The van der Waals surface area contributed by atoms with Crippen molar-refractivity contribution in [2.75, 3.05) is 31.6 Å². The molecule has 0 aliphatic carbocycles. The SMILES string of the molecule is COc1cc(N2CCN(C(C=O)n3nc(-c4cc(C)ccn4)c(Cl)c3C)C(C)C2)ccc1Cl. The van der Waals surface area contributed by atoms with E-state index in [0.717, 1.165) is 36.3 Å². The summed E-state index contributed by atoms with van der Waals surface area (Å²) in [6.45, 7) is 8.17. The smallest absolute Gasteiger partial charge is 0.161 e. The normalized spacial score (nSPS) is 17.8. The van der Waals surface area contributed by atoms with Gasteiger partial charge in [0.1, 0.15) is 11.4 Å². The highest BCUT2D eigenvalue weighted by Crippen LogP contribution is 2.33. The molecule has 1 saturated heterocycles. The van der Waals surface area contributed by atoms with Crippen LogP contribution in [0.5, 0.6) is 5.75 Å². The standard InChI is InChI=1S/C24H27Cl2N5O2/c1-15-7-8-27-20(11-15)24-23(26)17(3)31(28-24)22(14-32)30-10-9-29(13-16(30)2)18-5-6-19(25)21(12-18)33-4/h5-8,11-12,14,16,22H,9-10,13H2,1-4H3. The topological polar surface area (TPSA) is 63.5 Å². The Balaban J connectivity index is 1.58. The number of piperazine rings is 1. The van der Waals surface area contributed by atoms with E-state index in [2.05, 4.69) is 21.7 Å². The minimum atomic E-state index is -0.557. The monoisotopic (exact) mass is 487 g/mol. The van der Waals surface area contributed by atoms with Crippen molar-refractivity contribution in [3.05, 3.63) is 57.8 Å². The van der Waals surface area contributed by atoms with Gasteiger partial charge in [0.25, 0.3) is 0 Å². The maximum absolute atomic E-state index is 12.3. The number of nitrogens with zero attached hydrogens (tertiary/aromatic N) is 5. The summed E-state index contributed by atoms with van der Waals surface area (Å²) in [7, 11) is 1.61. The number of aldehydes is 1. The lowest BCUT2D eigenvalue weighted by Gasteiger charge is -2.43. The highest BCUT2D eigenvalue weighted by atomic mass is 35.5. The molecule has 0 spiro atoms. The van der Waals surface area contributed by atoms with Gasteiger partial charge >= 0.3 is 0 Å². The second-order valence-corrected chi connectivity index (χ2v) is 9.10. The number of rotatable bonds is 6. The summed E-state index contributed by atoms with van der Waals surface area (Å²) in [5.74, 6) is 0.647. The van der Waals surface area contributed by atoms with E-state index in [9.17, 15) is 4.79 Å². The van der Waals surface area contributed by atoms with Gasteiger partial charge in [0, 0.05) is 43.6 Å². The first-order chi connectivity index (χ1) is 15.8. The second-order valence-electron chi connectivity index (χ2n) is 8.31. The quantitative estimate of drug-likeness (QED) is 0.466. The van der Waals surface area contributed by atoms with Gasteiger partial charge in [-0.25, -0.2) is 4.68 Å². The molecular formula is C24H27Cl2N5O2. The number of benzene rings is 1. The lowest BCUT2D eigenvalue weighted by Crippen LogP contribution is -2.54. The van der Waals surface area contributed by atoms with E-state index >= 15 is 0 Å². The average molecular weight is 488 g/mol. The number of pyridine rings is 1. The van der Waals surface area contributed by atoms with Gasteiger partial charge in [-0.1, -0.05) is 23.2 Å². The molecule has 0 saturated carbocycles. The molecule has 9 heteroatoms. The maximum atomic E-state index is 12.3. The maximum Gasteiger partial charge on any atom is 0.161 e. The molecular weight excluding hydrogens is 461 g/mol. The van der Waals surface area contributed by atoms with Crippen molar-refractivity contribution in [1.29, 1.82) is 0 Å². The van der Waals surface area contributed by atoms with Gasteiger partial charge < -0.3 is 9.64 Å². The Morgan fingerprint density at radius 1 is 1.18 bits per heavy atom. The van der Waals surface area contributed by atoms with Crippen LogP contribution in [0.3, 0.4) is 0 Å². The molecule has 2 unspecified atom stereocenters. The Bertz CT molecular complexity index is 1170. The fraction of sp³-hybridized carbons (Fsp3) is 0.375. The molecule has 33 heavy (non-hydrogen) atoms. The first-order valence-corrected chi connectivity index (χ1v) is 11.6. The number of aryl methyl sites for hydroxylation is 1. The third kappa shape index (κ3) is 4.58. The zero-order valence-corrected chi connectivity index (χ0v) is 20.6. The first kappa shape index (κ1) is 23.5. The number of methoxy groups -OCH3 is 1. The number of hydrogen-bond donors (Lipinski definition) is 0. The van der Waals surface area contributed by atoms with Gasteiger partial charge in [0.15, 0.2) is 12.5 Å². The highest BCUT2D eigenvalue weighted by molar-refractivity contribution is 6.33. The van der Waals surface area contributed by atoms with Gasteiger partial charge in [-0.15, -0.1) is 0 Å². The lowest BCUT2D eigenvalue weighted by atomic mass is 10.1. The molecule has 174 valence electrons. The molecule has 1 aromatic carbocycles. The molecule has 4 rings (SSSR count). The Labute approximate surface area is 203 Å². The molecule has 1 fully saturated rings. The van der Waals surface area contributed by atoms with E-state index in [4.69, 9.17) is 33.0 Å². The van der Waals surface area contributed by atoms with Crippen LogP contribution in [0.2, 0.25) is 10.0 Å². The molecule has 3 heterocycles. The highest BCUT2D eigenvalue weighted by Gasteiger charge is 2.33. The molecule has 3 aromatic rings. The third-order valence-corrected chi connectivity index (χ3v) is 6.89. The summed E-state index contributed by atoms with van der Waals surface area (Å²) in [5, 5.41) is 5.81. The van der Waals surface area contributed by atoms with E-state index in [0.29, 0.717) is 33.7 Å². The van der Waals surface area contributed by atoms with Crippen molar-refractivity contribution >= 4 is 35.2 Å². The van der Waals surface area contributed by atoms with Crippen molar-refractivity contribution in [3.8, 4) is 17.1 Å². The van der Waals surface area contributed by atoms with Crippen LogP contribution in [0, 0.1) is 13.8 Å². The summed E-state index contributed by atoms with van der Waals surface area (Å²) in [6.07, 6.45) is 2.11. The van der Waals surface area contributed by atoms with Crippen molar-refractivity contribution in [1.82, 2.24) is 19.7 Å². The van der Waals surface area contributed by atoms with Crippen molar-refractivity contribution in [3.63, 3.8) is 0 Å². The van der Waals surface area contributed by atoms with E-state index in [1.54, 1.807) is 18.0 Å². The van der Waals surface area contributed by atoms with E-state index < -0.39 is 6.17 Å². The minimum absolute atomic E-state index is 0.0959. The summed E-state index contributed by atoms with van der Waals surface area (Å²) >= 11 is 12.8. The number of hydrogen-bond acceptors (Lipinski definition) is 6. The second kappa shape index (κ2) is 9.71. The van der Waals surface area contributed by atoms with E-state index in [1.165, 1.54) is 0 Å². The summed E-state index contributed by atoms with van der Waals surface area (Å²) in [6, 6.07) is 9.74. The molecule has 1 aliphatic heterocycles. The number of ether oxygens (including phenoxy) is 1. The van der Waals surface area contributed by atoms with Crippen LogP contribution in [-0.2, 0) is 4.79 Å². The number of aromatic nitrogens is 3. The van der Waals surface area contributed by atoms with Gasteiger partial charge in [-0.05, 0) is 50.6 Å². The van der Waals surface area contributed by atoms with Crippen LogP contribution in [0.25, 0.3) is 11.4 Å². The molecule has 1 aliphatic rings. The zero-order chi connectivity index (χ0) is 23.7. The van der Waals surface area contributed by atoms with Crippen molar-refractivity contribution < 1.29 is 9.53 Å². The number of anilines is 1.